The maximum atomic E-state index is 11.2. The Morgan fingerprint density at radius 1 is 1.22 bits per heavy atom. The van der Waals surface area contributed by atoms with E-state index in [0.29, 0.717) is 66.7 Å². The zero-order chi connectivity index (χ0) is 25.2. The van der Waals surface area contributed by atoms with Crippen LogP contribution in [0.4, 0.5) is 23.1 Å². The van der Waals surface area contributed by atoms with Gasteiger partial charge < -0.3 is 15.5 Å². The summed E-state index contributed by atoms with van der Waals surface area (Å²) in [5.41, 5.74) is 2.38. The molecule has 36 heavy (non-hydrogen) atoms. The van der Waals surface area contributed by atoms with Crippen LogP contribution in [-0.4, -0.2) is 73.9 Å². The Hall–Kier alpha value is -3.49. The quantitative estimate of drug-likeness (QED) is 0.445. The Bertz CT molecular complexity index is 1400. The van der Waals surface area contributed by atoms with Crippen LogP contribution in [-0.2, 0) is 15.3 Å². The van der Waals surface area contributed by atoms with Crippen molar-refractivity contribution in [3.8, 4) is 12.1 Å². The van der Waals surface area contributed by atoms with Gasteiger partial charge in [0.2, 0.25) is 5.95 Å². The largest absolute Gasteiger partial charge is 0.368 e. The van der Waals surface area contributed by atoms with Crippen molar-refractivity contribution in [1.29, 1.82) is 10.5 Å². The van der Waals surface area contributed by atoms with Crippen molar-refractivity contribution >= 4 is 51.5 Å². The summed E-state index contributed by atoms with van der Waals surface area (Å²) >= 11 is 5.50. The molecule has 12 nitrogen and oxygen atoms in total. The second kappa shape index (κ2) is 10.2. The summed E-state index contributed by atoms with van der Waals surface area (Å²) in [6.45, 7) is 3.01. The van der Waals surface area contributed by atoms with Gasteiger partial charge in [-0.1, -0.05) is 11.6 Å². The van der Waals surface area contributed by atoms with Gasteiger partial charge in [-0.25, -0.2) is 9.19 Å². The Morgan fingerprint density at radius 3 is 2.67 bits per heavy atom. The first-order valence-electron chi connectivity index (χ1n) is 11.3. The van der Waals surface area contributed by atoms with Gasteiger partial charge in [0.15, 0.2) is 28.2 Å². The lowest BCUT2D eigenvalue weighted by Gasteiger charge is -2.36. The van der Waals surface area contributed by atoms with Gasteiger partial charge in [-0.15, -0.1) is 5.10 Å². The van der Waals surface area contributed by atoms with E-state index >= 15 is 0 Å². The molecule has 0 radical (unpaired) electrons. The van der Waals surface area contributed by atoms with E-state index in [4.69, 9.17) is 15.8 Å². The molecule has 0 bridgehead atoms. The van der Waals surface area contributed by atoms with E-state index < -0.39 is 11.1 Å². The maximum absolute atomic E-state index is 11.2. The number of imidazole rings is 1. The van der Waals surface area contributed by atoms with Crippen LogP contribution in [0.15, 0.2) is 18.3 Å². The van der Waals surface area contributed by atoms with Gasteiger partial charge in [-0.05, 0) is 25.0 Å². The molecule has 2 fully saturated rings. The molecule has 3 heterocycles. The summed E-state index contributed by atoms with van der Waals surface area (Å²) in [4.78, 5) is 13.0. The fraction of sp³-hybridized carbons (Fsp3) is 0.409. The smallest absolute Gasteiger partial charge is 0.247 e. The van der Waals surface area contributed by atoms with E-state index in [-0.39, 0.29) is 11.6 Å². The third-order valence-electron chi connectivity index (χ3n) is 5.94. The van der Waals surface area contributed by atoms with Crippen molar-refractivity contribution in [3.05, 3.63) is 34.6 Å². The van der Waals surface area contributed by atoms with Crippen LogP contribution >= 0.6 is 11.6 Å². The lowest BCUT2D eigenvalue weighted by atomic mass is 10.1. The highest BCUT2D eigenvalue weighted by Gasteiger charge is 2.25. The number of nitrogens with zero attached hydrogens (tertiary/aromatic N) is 8. The molecule has 14 heteroatoms. The van der Waals surface area contributed by atoms with E-state index in [0.717, 1.165) is 18.5 Å². The third kappa shape index (κ3) is 5.20. The van der Waals surface area contributed by atoms with Gasteiger partial charge >= 0.3 is 0 Å². The standard InChI is InChI=1S/C22H23ClN10O2S/c1-36(34)35-13-31-4-6-32(7-5-31)18-9-14(10-24)8-17(19(18)23)28-22-29-20(27-15-2-3-15)21-26-12-16(11-25)33(21)30-22/h8-9,12,15H,2-7,13H2,1H3,(H2,27,28,29,30)/t36-/m0/s1. The van der Waals surface area contributed by atoms with Crippen LogP contribution in [0.25, 0.3) is 5.65 Å². The Kier molecular flexibility index (Phi) is 6.89. The van der Waals surface area contributed by atoms with Crippen LogP contribution in [0.1, 0.15) is 24.1 Å². The van der Waals surface area contributed by atoms with Crippen LogP contribution in [0.2, 0.25) is 5.02 Å². The van der Waals surface area contributed by atoms with E-state index in [2.05, 4.69) is 47.6 Å². The molecule has 2 aliphatic rings. The number of anilines is 4. The minimum absolute atomic E-state index is 0.220. The summed E-state index contributed by atoms with van der Waals surface area (Å²) in [5, 5.41) is 30.5. The first-order valence-corrected chi connectivity index (χ1v) is 13.2. The van der Waals surface area contributed by atoms with Gasteiger partial charge in [0.25, 0.3) is 0 Å². The van der Waals surface area contributed by atoms with Gasteiger partial charge in [-0.3, -0.25) is 9.08 Å². The highest BCUT2D eigenvalue weighted by atomic mass is 35.5. The molecule has 5 rings (SSSR count). The summed E-state index contributed by atoms with van der Waals surface area (Å²) < 4.78 is 17.8. The third-order valence-corrected chi connectivity index (χ3v) is 6.77. The number of halogens is 1. The Labute approximate surface area is 215 Å². The van der Waals surface area contributed by atoms with Gasteiger partial charge in [0, 0.05) is 38.5 Å². The zero-order valence-corrected chi connectivity index (χ0v) is 21.0. The van der Waals surface area contributed by atoms with Crippen molar-refractivity contribution in [2.45, 2.75) is 18.9 Å². The van der Waals surface area contributed by atoms with Crippen molar-refractivity contribution in [3.63, 3.8) is 0 Å². The van der Waals surface area contributed by atoms with Gasteiger partial charge in [-0.2, -0.15) is 20.0 Å². The highest BCUT2D eigenvalue weighted by molar-refractivity contribution is 7.79. The summed E-state index contributed by atoms with van der Waals surface area (Å²) in [7, 11) is 0. The molecule has 186 valence electrons. The number of fused-ring (bicyclic) bond motifs is 1. The van der Waals surface area contributed by atoms with Crippen molar-refractivity contribution < 1.29 is 8.39 Å². The normalized spacial score (nSPS) is 16.9. The molecule has 1 aliphatic carbocycles. The van der Waals surface area contributed by atoms with Crippen molar-refractivity contribution in [1.82, 2.24) is 24.5 Å². The van der Waals surface area contributed by atoms with Crippen molar-refractivity contribution in [2.75, 3.05) is 54.7 Å². The predicted octanol–water partition coefficient (Wildman–Crippen LogP) is 2.23. The summed E-state index contributed by atoms with van der Waals surface area (Å²) in [6.07, 6.45) is 5.04. The molecule has 1 saturated carbocycles. The number of rotatable bonds is 8. The lowest BCUT2D eigenvalue weighted by Crippen LogP contribution is -2.47. The van der Waals surface area contributed by atoms with Gasteiger partial charge in [0.05, 0.1) is 34.2 Å². The lowest BCUT2D eigenvalue weighted by molar-refractivity contribution is 0.132. The monoisotopic (exact) mass is 526 g/mol. The Balaban J connectivity index is 1.42. The molecule has 3 aromatic rings. The minimum Gasteiger partial charge on any atom is -0.368 e. The predicted molar refractivity (Wildman–Crippen MR) is 135 cm³/mol. The van der Waals surface area contributed by atoms with Gasteiger partial charge in [0.1, 0.15) is 12.8 Å². The summed E-state index contributed by atoms with van der Waals surface area (Å²) in [6, 6.07) is 8.00. The molecule has 2 N–H and O–H groups in total. The average Bonchev–Trinajstić information content (AvgIpc) is 3.60. The number of nitrogens with one attached hydrogen (secondary N) is 2. The van der Waals surface area contributed by atoms with E-state index in [9.17, 15) is 14.7 Å². The number of hydrogen-bond donors (Lipinski definition) is 2. The molecule has 0 spiro atoms. The Morgan fingerprint density at radius 2 is 2.00 bits per heavy atom. The minimum atomic E-state index is -1.31. The second-order valence-electron chi connectivity index (χ2n) is 8.54. The molecule has 1 atom stereocenters. The topological polar surface area (TPSA) is 148 Å². The molecule has 1 aromatic carbocycles. The van der Waals surface area contributed by atoms with Crippen molar-refractivity contribution in [2.24, 2.45) is 0 Å². The molecule has 0 unspecified atom stereocenters. The highest BCUT2D eigenvalue weighted by Crippen LogP contribution is 2.36. The number of benzene rings is 1. The van der Waals surface area contributed by atoms with Crippen LogP contribution in [0, 0.1) is 22.7 Å². The van der Waals surface area contributed by atoms with E-state index in [1.54, 1.807) is 12.1 Å². The first-order chi connectivity index (χ1) is 17.4. The molecule has 0 amide bonds. The number of hydrogen-bond acceptors (Lipinski definition) is 11. The molecule has 1 aliphatic heterocycles. The molecule has 1 saturated heterocycles. The first kappa shape index (κ1) is 24.2. The fourth-order valence-corrected chi connectivity index (χ4v) is 4.48. The van der Waals surface area contributed by atoms with Crippen LogP contribution < -0.4 is 15.5 Å². The number of nitriles is 2. The second-order valence-corrected chi connectivity index (χ2v) is 9.96. The molecular weight excluding hydrogens is 504 g/mol. The van der Waals surface area contributed by atoms with E-state index in [1.165, 1.54) is 17.0 Å². The van der Waals surface area contributed by atoms with Crippen LogP contribution in [0.3, 0.4) is 0 Å². The molecular formula is C22H23ClN10O2S. The maximum Gasteiger partial charge on any atom is 0.247 e. The summed E-state index contributed by atoms with van der Waals surface area (Å²) in [5.74, 6) is 0.744. The number of aromatic nitrogens is 4. The number of piperazine rings is 1. The van der Waals surface area contributed by atoms with E-state index in [1.807, 2.05) is 0 Å². The van der Waals surface area contributed by atoms with Crippen LogP contribution in [0.5, 0.6) is 0 Å². The SMILES string of the molecule is C[S@@](=O)OCN1CCN(c2cc(C#N)cc(Nc3nc(NC4CC4)c4ncc(C#N)n4n3)c2Cl)CC1. The molecule has 2 aromatic heterocycles. The fourth-order valence-electron chi connectivity index (χ4n) is 3.91. The average molecular weight is 527 g/mol. The zero-order valence-electron chi connectivity index (χ0n) is 19.4.